The molecule has 1 aromatic heterocycles. The lowest BCUT2D eigenvalue weighted by Crippen LogP contribution is -2.16. The Morgan fingerprint density at radius 2 is 1.92 bits per heavy atom. The second-order valence-corrected chi connectivity index (χ2v) is 7.78. The number of ether oxygens (including phenoxy) is 1. The fourth-order valence-corrected chi connectivity index (χ4v) is 3.86. The Morgan fingerprint density at radius 1 is 1.15 bits per heavy atom. The van der Waals surface area contributed by atoms with Crippen molar-refractivity contribution in [3.8, 4) is 5.88 Å². The van der Waals surface area contributed by atoms with Crippen LogP contribution in [-0.2, 0) is 19.6 Å². The van der Waals surface area contributed by atoms with Crippen molar-refractivity contribution in [1.82, 2.24) is 9.78 Å². The van der Waals surface area contributed by atoms with Crippen LogP contribution in [-0.4, -0.2) is 9.78 Å². The molecule has 1 aliphatic carbocycles. The van der Waals surface area contributed by atoms with Crippen LogP contribution in [0, 0.1) is 5.92 Å². The Morgan fingerprint density at radius 3 is 2.65 bits per heavy atom. The van der Waals surface area contributed by atoms with E-state index in [1.54, 1.807) is 6.07 Å². The molecular formula is C20H27Cl3N2O. The van der Waals surface area contributed by atoms with Crippen molar-refractivity contribution in [3.63, 3.8) is 0 Å². The van der Waals surface area contributed by atoms with Gasteiger partial charge in [0.2, 0.25) is 5.88 Å². The second-order valence-electron chi connectivity index (χ2n) is 6.93. The number of hydrogen-bond donors (Lipinski definition) is 0. The quantitative estimate of drug-likeness (QED) is 0.499. The lowest BCUT2D eigenvalue weighted by atomic mass is 9.89. The summed E-state index contributed by atoms with van der Waals surface area (Å²) in [7, 11) is 0. The summed E-state index contributed by atoms with van der Waals surface area (Å²) in [4.78, 5) is 0. The molecule has 0 aliphatic heterocycles. The molecule has 1 fully saturated rings. The summed E-state index contributed by atoms with van der Waals surface area (Å²) in [6, 6.07) is 7.54. The van der Waals surface area contributed by atoms with E-state index in [0.717, 1.165) is 36.5 Å². The molecule has 3 nitrogen and oxygen atoms in total. The van der Waals surface area contributed by atoms with Crippen molar-refractivity contribution in [2.75, 3.05) is 0 Å². The lowest BCUT2D eigenvalue weighted by Gasteiger charge is -2.22. The van der Waals surface area contributed by atoms with Crippen molar-refractivity contribution in [2.45, 2.75) is 65.0 Å². The van der Waals surface area contributed by atoms with Gasteiger partial charge in [-0.3, -0.25) is 0 Å². The normalized spacial score (nSPS) is 14.9. The van der Waals surface area contributed by atoms with E-state index in [2.05, 4.69) is 17.7 Å². The maximum atomic E-state index is 6.25. The van der Waals surface area contributed by atoms with Crippen molar-refractivity contribution < 1.29 is 4.74 Å². The van der Waals surface area contributed by atoms with Crippen molar-refractivity contribution >= 4 is 35.6 Å². The number of benzene rings is 1. The van der Waals surface area contributed by atoms with Gasteiger partial charge in [-0.1, -0.05) is 55.8 Å². The van der Waals surface area contributed by atoms with E-state index in [1.807, 2.05) is 12.1 Å². The Hall–Kier alpha value is -0.900. The van der Waals surface area contributed by atoms with E-state index < -0.39 is 0 Å². The third-order valence-electron chi connectivity index (χ3n) is 4.84. The first-order valence-corrected chi connectivity index (χ1v) is 10.0. The highest BCUT2D eigenvalue weighted by Crippen LogP contribution is 2.28. The van der Waals surface area contributed by atoms with E-state index >= 15 is 0 Å². The highest BCUT2D eigenvalue weighted by molar-refractivity contribution is 6.33. The number of aromatic nitrogens is 2. The van der Waals surface area contributed by atoms with Crippen molar-refractivity contribution in [3.05, 3.63) is 45.6 Å². The molecule has 0 saturated heterocycles. The van der Waals surface area contributed by atoms with Crippen LogP contribution in [0.3, 0.4) is 0 Å². The Bertz CT molecular complexity index is 696. The van der Waals surface area contributed by atoms with E-state index in [0.29, 0.717) is 22.6 Å². The zero-order valence-corrected chi connectivity index (χ0v) is 17.5. The van der Waals surface area contributed by atoms with Crippen LogP contribution >= 0.6 is 35.6 Å². The highest BCUT2D eigenvalue weighted by Gasteiger charge is 2.18. The van der Waals surface area contributed by atoms with Crippen LogP contribution in [0.25, 0.3) is 0 Å². The van der Waals surface area contributed by atoms with Crippen LogP contribution in [0.1, 0.15) is 56.7 Å². The topological polar surface area (TPSA) is 27.1 Å². The average Bonchev–Trinajstić information content (AvgIpc) is 2.98. The molecular weight excluding hydrogens is 391 g/mol. The Balaban J connectivity index is 0.00000243. The Kier molecular flexibility index (Phi) is 8.59. The van der Waals surface area contributed by atoms with Gasteiger partial charge < -0.3 is 4.74 Å². The van der Waals surface area contributed by atoms with Gasteiger partial charge in [0, 0.05) is 28.2 Å². The van der Waals surface area contributed by atoms with Crippen LogP contribution in [0.15, 0.2) is 24.3 Å². The third-order valence-corrected chi connectivity index (χ3v) is 5.44. The summed E-state index contributed by atoms with van der Waals surface area (Å²) < 4.78 is 8.14. The molecule has 2 aromatic rings. The number of halogens is 3. The SMILES string of the molecule is CCCc1cc(OCc2cc(Cl)ccc2Cl)n(CC2CCCCC2)n1.Cl. The summed E-state index contributed by atoms with van der Waals surface area (Å²) in [6.45, 7) is 3.52. The molecule has 0 atom stereocenters. The highest BCUT2D eigenvalue weighted by atomic mass is 35.5. The summed E-state index contributed by atoms with van der Waals surface area (Å²) >= 11 is 12.3. The maximum absolute atomic E-state index is 6.25. The standard InChI is InChI=1S/C20H26Cl2N2O.ClH/c1-2-6-18-12-20(24(23-18)13-15-7-4-3-5-8-15)25-14-16-11-17(21)9-10-19(16)22;/h9-12,15H,2-8,13-14H2,1H3;1H. The lowest BCUT2D eigenvalue weighted by molar-refractivity contribution is 0.245. The van der Waals surface area contributed by atoms with Crippen molar-refractivity contribution in [2.24, 2.45) is 5.92 Å². The van der Waals surface area contributed by atoms with Crippen molar-refractivity contribution in [1.29, 1.82) is 0 Å². The fourth-order valence-electron chi connectivity index (χ4n) is 3.50. The molecule has 0 unspecified atom stereocenters. The minimum Gasteiger partial charge on any atom is -0.473 e. The molecule has 1 aliphatic rings. The van der Waals surface area contributed by atoms with E-state index in [4.69, 9.17) is 33.0 Å². The first kappa shape index (κ1) is 21.4. The van der Waals surface area contributed by atoms with Gasteiger partial charge >= 0.3 is 0 Å². The number of nitrogens with zero attached hydrogens (tertiary/aromatic N) is 2. The number of rotatable bonds is 7. The molecule has 0 amide bonds. The molecule has 0 spiro atoms. The summed E-state index contributed by atoms with van der Waals surface area (Å²) in [5.74, 6) is 1.55. The average molecular weight is 418 g/mol. The van der Waals surface area contributed by atoms with E-state index in [1.165, 1.54) is 32.1 Å². The van der Waals surface area contributed by atoms with Gasteiger partial charge in [0.1, 0.15) is 6.61 Å². The molecule has 1 saturated carbocycles. The number of aryl methyl sites for hydroxylation is 1. The largest absolute Gasteiger partial charge is 0.473 e. The third kappa shape index (κ3) is 5.80. The summed E-state index contributed by atoms with van der Waals surface area (Å²) in [5.41, 5.74) is 2.00. The van der Waals surface area contributed by atoms with Crippen LogP contribution in [0.5, 0.6) is 5.88 Å². The van der Waals surface area contributed by atoms with Gasteiger partial charge in [-0.25, -0.2) is 4.68 Å². The molecule has 0 N–H and O–H groups in total. The summed E-state index contributed by atoms with van der Waals surface area (Å²) in [5, 5.41) is 6.13. The minimum absolute atomic E-state index is 0. The zero-order valence-electron chi connectivity index (χ0n) is 15.2. The van der Waals surface area contributed by atoms with E-state index in [9.17, 15) is 0 Å². The zero-order chi connectivity index (χ0) is 17.6. The number of hydrogen-bond acceptors (Lipinski definition) is 2. The van der Waals surface area contributed by atoms with Crippen LogP contribution in [0.4, 0.5) is 0 Å². The Labute approximate surface area is 172 Å². The molecule has 6 heteroatoms. The predicted octanol–water partition coefficient (Wildman–Crippen LogP) is 6.72. The first-order valence-electron chi connectivity index (χ1n) is 9.29. The predicted molar refractivity (Wildman–Crippen MR) is 111 cm³/mol. The molecule has 1 aromatic carbocycles. The van der Waals surface area contributed by atoms with Crippen LogP contribution < -0.4 is 4.74 Å². The van der Waals surface area contributed by atoms with Crippen LogP contribution in [0.2, 0.25) is 10.0 Å². The molecule has 0 radical (unpaired) electrons. The minimum atomic E-state index is 0. The molecule has 0 bridgehead atoms. The van der Waals surface area contributed by atoms with Gasteiger partial charge in [-0.15, -0.1) is 12.4 Å². The fraction of sp³-hybridized carbons (Fsp3) is 0.550. The van der Waals surface area contributed by atoms with E-state index in [-0.39, 0.29) is 12.4 Å². The van der Waals surface area contributed by atoms with Gasteiger partial charge in [0.25, 0.3) is 0 Å². The van der Waals surface area contributed by atoms with Gasteiger partial charge in [0.15, 0.2) is 0 Å². The smallest absolute Gasteiger partial charge is 0.212 e. The summed E-state index contributed by atoms with van der Waals surface area (Å²) in [6.07, 6.45) is 8.69. The van der Waals surface area contributed by atoms with Gasteiger partial charge in [-0.05, 0) is 43.4 Å². The molecule has 3 rings (SSSR count). The van der Waals surface area contributed by atoms with Gasteiger partial charge in [-0.2, -0.15) is 5.10 Å². The molecule has 1 heterocycles. The van der Waals surface area contributed by atoms with Gasteiger partial charge in [0.05, 0.1) is 5.69 Å². The maximum Gasteiger partial charge on any atom is 0.212 e. The molecule has 144 valence electrons. The second kappa shape index (κ2) is 10.4. The monoisotopic (exact) mass is 416 g/mol. The first-order chi connectivity index (χ1) is 12.2. The molecule has 26 heavy (non-hydrogen) atoms.